The van der Waals surface area contributed by atoms with Crippen molar-refractivity contribution in [2.45, 2.75) is 23.8 Å². The maximum atomic E-state index is 13.1. The Kier molecular flexibility index (Phi) is 3.97. The highest BCUT2D eigenvalue weighted by atomic mass is 32.2. The first-order valence-corrected chi connectivity index (χ1v) is 8.15. The van der Waals surface area contributed by atoms with E-state index >= 15 is 0 Å². The van der Waals surface area contributed by atoms with E-state index in [1.165, 1.54) is 23.3 Å². The van der Waals surface area contributed by atoms with Crippen LogP contribution in [0.15, 0.2) is 53.4 Å². The van der Waals surface area contributed by atoms with Crippen LogP contribution in [0.4, 0.5) is 10.1 Å². The molecule has 20 heavy (non-hydrogen) atoms. The Hall–Kier alpha value is -1.48. The summed E-state index contributed by atoms with van der Waals surface area (Å²) in [5.74, 6) is 0.494. The Balaban J connectivity index is 1.78. The average Bonchev–Trinajstić information content (AvgIpc) is 3.31. The van der Waals surface area contributed by atoms with Crippen molar-refractivity contribution in [1.29, 1.82) is 0 Å². The van der Waals surface area contributed by atoms with Gasteiger partial charge in [-0.05, 0) is 67.0 Å². The van der Waals surface area contributed by atoms with Gasteiger partial charge in [-0.3, -0.25) is 0 Å². The van der Waals surface area contributed by atoms with Gasteiger partial charge >= 0.3 is 0 Å². The third-order valence-corrected chi connectivity index (χ3v) is 4.48. The molecule has 1 atom stereocenters. The summed E-state index contributed by atoms with van der Waals surface area (Å²) in [7, 11) is 0. The van der Waals surface area contributed by atoms with E-state index in [1.807, 2.05) is 12.1 Å². The van der Waals surface area contributed by atoms with Crippen LogP contribution >= 0.6 is 11.8 Å². The van der Waals surface area contributed by atoms with Crippen LogP contribution in [0.5, 0.6) is 0 Å². The minimum absolute atomic E-state index is 0.173. The van der Waals surface area contributed by atoms with Crippen molar-refractivity contribution >= 4 is 17.4 Å². The number of hydrogen-bond acceptors (Lipinski definition) is 2. The Morgan fingerprint density at radius 1 is 1.05 bits per heavy atom. The largest absolute Gasteiger partial charge is 0.378 e. The van der Waals surface area contributed by atoms with Crippen LogP contribution in [-0.4, -0.2) is 6.26 Å². The van der Waals surface area contributed by atoms with Crippen LogP contribution in [0, 0.1) is 11.7 Å². The van der Waals surface area contributed by atoms with Gasteiger partial charge < -0.3 is 5.32 Å². The van der Waals surface area contributed by atoms with E-state index in [0.717, 1.165) is 5.69 Å². The molecule has 1 fully saturated rings. The second kappa shape index (κ2) is 5.88. The molecule has 0 heterocycles. The standard InChI is InChI=1S/C17H18FNS/c1-20-16-10-8-15(9-11-16)19-17(12-2-3-12)13-4-6-14(18)7-5-13/h4-12,17,19H,2-3H2,1H3. The molecular weight excluding hydrogens is 269 g/mol. The second-order valence-corrected chi connectivity index (χ2v) is 6.12. The van der Waals surface area contributed by atoms with Gasteiger partial charge in [0.1, 0.15) is 5.82 Å². The van der Waals surface area contributed by atoms with Gasteiger partial charge in [0.05, 0.1) is 6.04 Å². The van der Waals surface area contributed by atoms with Crippen LogP contribution in [0.25, 0.3) is 0 Å². The lowest BCUT2D eigenvalue weighted by Gasteiger charge is -2.20. The van der Waals surface area contributed by atoms with Gasteiger partial charge in [0.2, 0.25) is 0 Å². The molecule has 1 unspecified atom stereocenters. The maximum absolute atomic E-state index is 13.1. The lowest BCUT2D eigenvalue weighted by Crippen LogP contribution is -2.12. The summed E-state index contributed by atoms with van der Waals surface area (Å²) in [4.78, 5) is 1.26. The molecule has 0 radical (unpaired) electrons. The van der Waals surface area contributed by atoms with Crippen LogP contribution in [0.2, 0.25) is 0 Å². The Morgan fingerprint density at radius 3 is 2.25 bits per heavy atom. The van der Waals surface area contributed by atoms with Crippen LogP contribution < -0.4 is 5.32 Å². The lowest BCUT2D eigenvalue weighted by molar-refractivity contribution is 0.622. The van der Waals surface area contributed by atoms with E-state index < -0.39 is 0 Å². The van der Waals surface area contributed by atoms with Gasteiger partial charge in [-0.15, -0.1) is 11.8 Å². The Morgan fingerprint density at radius 2 is 1.70 bits per heavy atom. The van der Waals surface area contributed by atoms with Crippen LogP contribution in [0.3, 0.4) is 0 Å². The number of rotatable bonds is 5. The van der Waals surface area contributed by atoms with E-state index in [2.05, 4.69) is 35.8 Å². The third kappa shape index (κ3) is 3.15. The fourth-order valence-corrected chi connectivity index (χ4v) is 2.85. The molecule has 2 aromatic rings. The fourth-order valence-electron chi connectivity index (χ4n) is 2.44. The van der Waals surface area contributed by atoms with Crippen molar-refractivity contribution < 1.29 is 4.39 Å². The summed E-state index contributed by atoms with van der Waals surface area (Å²) in [6, 6.07) is 15.6. The monoisotopic (exact) mass is 287 g/mol. The zero-order valence-electron chi connectivity index (χ0n) is 11.5. The van der Waals surface area contributed by atoms with Crippen molar-refractivity contribution in [2.24, 2.45) is 5.92 Å². The smallest absolute Gasteiger partial charge is 0.123 e. The third-order valence-electron chi connectivity index (χ3n) is 3.73. The SMILES string of the molecule is CSc1ccc(NC(c2ccc(F)cc2)C2CC2)cc1. The summed E-state index contributed by atoms with van der Waals surface area (Å²) in [6.45, 7) is 0. The first-order chi connectivity index (χ1) is 9.76. The molecule has 0 aromatic heterocycles. The second-order valence-electron chi connectivity index (χ2n) is 5.24. The minimum atomic E-state index is -0.173. The number of anilines is 1. The van der Waals surface area contributed by atoms with Crippen molar-refractivity contribution in [3.8, 4) is 0 Å². The number of nitrogens with one attached hydrogen (secondary N) is 1. The molecule has 1 N–H and O–H groups in total. The Bertz CT molecular complexity index is 561. The summed E-state index contributed by atoms with van der Waals surface area (Å²) < 4.78 is 13.1. The molecule has 0 spiro atoms. The number of halogens is 1. The first kappa shape index (κ1) is 13.5. The molecule has 104 valence electrons. The molecule has 1 aliphatic carbocycles. The molecule has 0 amide bonds. The molecule has 0 aliphatic heterocycles. The van der Waals surface area contributed by atoms with Crippen LogP contribution in [-0.2, 0) is 0 Å². The molecule has 1 nitrogen and oxygen atoms in total. The van der Waals surface area contributed by atoms with E-state index in [1.54, 1.807) is 23.9 Å². The molecular formula is C17H18FNS. The van der Waals surface area contributed by atoms with Crippen molar-refractivity contribution in [1.82, 2.24) is 0 Å². The zero-order valence-corrected chi connectivity index (χ0v) is 12.3. The quantitative estimate of drug-likeness (QED) is 0.767. The van der Waals surface area contributed by atoms with Gasteiger partial charge in [-0.25, -0.2) is 4.39 Å². The normalized spacial score (nSPS) is 15.9. The molecule has 3 rings (SSSR count). The number of hydrogen-bond donors (Lipinski definition) is 1. The lowest BCUT2D eigenvalue weighted by atomic mass is 10.0. The van der Waals surface area contributed by atoms with Gasteiger partial charge in [0.15, 0.2) is 0 Å². The topological polar surface area (TPSA) is 12.0 Å². The van der Waals surface area contributed by atoms with Gasteiger partial charge in [-0.2, -0.15) is 0 Å². The molecule has 3 heteroatoms. The predicted octanol–water partition coefficient (Wildman–Crippen LogP) is 5.11. The highest BCUT2D eigenvalue weighted by molar-refractivity contribution is 7.98. The van der Waals surface area contributed by atoms with Gasteiger partial charge in [0.25, 0.3) is 0 Å². The zero-order chi connectivity index (χ0) is 13.9. The van der Waals surface area contributed by atoms with E-state index in [-0.39, 0.29) is 11.9 Å². The van der Waals surface area contributed by atoms with Crippen LogP contribution in [0.1, 0.15) is 24.4 Å². The van der Waals surface area contributed by atoms with E-state index in [0.29, 0.717) is 5.92 Å². The Labute approximate surface area is 123 Å². The van der Waals surface area contributed by atoms with Gasteiger partial charge in [0, 0.05) is 10.6 Å². The summed E-state index contributed by atoms with van der Waals surface area (Å²) >= 11 is 1.74. The fraction of sp³-hybridized carbons (Fsp3) is 0.294. The highest BCUT2D eigenvalue weighted by Crippen LogP contribution is 2.43. The van der Waals surface area contributed by atoms with Gasteiger partial charge in [-0.1, -0.05) is 12.1 Å². The summed E-state index contributed by atoms with van der Waals surface area (Å²) in [5, 5.41) is 3.60. The first-order valence-electron chi connectivity index (χ1n) is 6.92. The maximum Gasteiger partial charge on any atom is 0.123 e. The van der Waals surface area contributed by atoms with Crippen molar-refractivity contribution in [3.05, 3.63) is 59.9 Å². The van der Waals surface area contributed by atoms with E-state index in [4.69, 9.17) is 0 Å². The molecule has 2 aromatic carbocycles. The van der Waals surface area contributed by atoms with E-state index in [9.17, 15) is 4.39 Å². The molecule has 0 bridgehead atoms. The molecule has 1 aliphatic rings. The summed E-state index contributed by atoms with van der Waals surface area (Å²) in [5.41, 5.74) is 2.30. The average molecular weight is 287 g/mol. The number of thioether (sulfide) groups is 1. The predicted molar refractivity (Wildman–Crippen MR) is 83.7 cm³/mol. The molecule has 0 saturated heterocycles. The highest BCUT2D eigenvalue weighted by Gasteiger charge is 2.32. The summed E-state index contributed by atoms with van der Waals surface area (Å²) in [6.07, 6.45) is 4.57. The molecule has 1 saturated carbocycles. The van der Waals surface area contributed by atoms with Crippen molar-refractivity contribution in [3.63, 3.8) is 0 Å². The number of benzene rings is 2. The minimum Gasteiger partial charge on any atom is -0.378 e. The van der Waals surface area contributed by atoms with Crippen molar-refractivity contribution in [2.75, 3.05) is 11.6 Å².